The van der Waals surface area contributed by atoms with Gasteiger partial charge < -0.3 is 4.74 Å². The van der Waals surface area contributed by atoms with Crippen LogP contribution in [-0.2, 0) is 9.53 Å². The molecule has 0 aromatic rings. The highest BCUT2D eigenvalue weighted by Gasteiger charge is 2.59. The van der Waals surface area contributed by atoms with Gasteiger partial charge in [0.1, 0.15) is 6.10 Å². The van der Waals surface area contributed by atoms with Crippen molar-refractivity contribution in [2.75, 3.05) is 0 Å². The molecule has 390 valence electrons. The number of ether oxygens (including phenoxy) is 1. The van der Waals surface area contributed by atoms with Crippen molar-refractivity contribution in [3.8, 4) is 0 Å². The summed E-state index contributed by atoms with van der Waals surface area (Å²) in [5.74, 6) is 5.29. The third-order valence-electron chi connectivity index (χ3n) is 17.8. The van der Waals surface area contributed by atoms with Gasteiger partial charge in [-0.2, -0.15) is 0 Å². The van der Waals surface area contributed by atoms with Crippen LogP contribution in [0.5, 0.6) is 0 Å². The second-order valence-electron chi connectivity index (χ2n) is 23.6. The average molecular weight is 948 g/mol. The summed E-state index contributed by atoms with van der Waals surface area (Å²) in [4.78, 5) is 13.0. The van der Waals surface area contributed by atoms with Crippen LogP contribution in [0, 0.1) is 46.3 Å². The fourth-order valence-electron chi connectivity index (χ4n) is 13.7. The maximum atomic E-state index is 13.0. The molecule has 0 amide bonds. The third-order valence-corrected chi connectivity index (χ3v) is 17.8. The molecule has 0 N–H and O–H groups in total. The van der Waals surface area contributed by atoms with Crippen molar-refractivity contribution >= 4 is 5.97 Å². The summed E-state index contributed by atoms with van der Waals surface area (Å²) in [6, 6.07) is 0. The molecule has 0 heterocycles. The van der Waals surface area contributed by atoms with E-state index in [0.29, 0.717) is 17.3 Å². The molecule has 2 heteroatoms. The minimum atomic E-state index is 0.0615. The number of fused-ring (bicyclic) bond motifs is 5. The van der Waals surface area contributed by atoms with Crippen LogP contribution >= 0.6 is 0 Å². The number of rotatable bonds is 37. The lowest BCUT2D eigenvalue weighted by molar-refractivity contribution is -0.151. The van der Waals surface area contributed by atoms with E-state index in [2.05, 4.69) is 133 Å². The maximum Gasteiger partial charge on any atom is 0.306 e. The van der Waals surface area contributed by atoms with Crippen molar-refractivity contribution in [1.29, 1.82) is 0 Å². The van der Waals surface area contributed by atoms with Crippen LogP contribution < -0.4 is 0 Å². The van der Waals surface area contributed by atoms with E-state index in [1.54, 1.807) is 5.57 Å². The first kappa shape index (κ1) is 59.0. The first-order valence-corrected chi connectivity index (χ1v) is 30.1. The molecule has 0 bridgehead atoms. The normalized spacial score (nSPS) is 26.7. The summed E-state index contributed by atoms with van der Waals surface area (Å²) in [5.41, 5.74) is 2.52. The van der Waals surface area contributed by atoms with Crippen LogP contribution in [0.15, 0.2) is 96.7 Å². The molecular weight excluding hydrogens is 837 g/mol. The number of hydrogen-bond acceptors (Lipinski definition) is 2. The predicted octanol–water partition coefficient (Wildman–Crippen LogP) is 21.2. The van der Waals surface area contributed by atoms with Crippen molar-refractivity contribution in [2.45, 2.75) is 272 Å². The molecule has 0 spiro atoms. The fourth-order valence-corrected chi connectivity index (χ4v) is 13.7. The Balaban J connectivity index is 0.891. The second-order valence-corrected chi connectivity index (χ2v) is 23.6. The average Bonchev–Trinajstić information content (AvgIpc) is 3.70. The fraction of sp³-hybridized carbons (Fsp3) is 0.746. The molecule has 69 heavy (non-hydrogen) atoms. The van der Waals surface area contributed by atoms with E-state index in [1.165, 1.54) is 154 Å². The molecule has 3 fully saturated rings. The number of esters is 1. The highest BCUT2D eigenvalue weighted by atomic mass is 16.5. The topological polar surface area (TPSA) is 26.3 Å². The van der Waals surface area contributed by atoms with Crippen LogP contribution in [0.1, 0.15) is 266 Å². The van der Waals surface area contributed by atoms with Crippen LogP contribution in [0.2, 0.25) is 0 Å². The smallest absolute Gasteiger partial charge is 0.306 e. The lowest BCUT2D eigenvalue weighted by Crippen LogP contribution is -2.51. The Hall–Kier alpha value is -2.61. The SMILES string of the molecule is CC/C=C\C/C=C\C/C=C\C/C=C\C/C=C\C/C=C\C/C=C\CCCCCCCCCCCCCCCCCC(=O)OC1CCC2(C)C(=CCC3C2CCC2(C)C(C(C)CCCC(C)C)CCC32)C1. The Morgan fingerprint density at radius 2 is 1.06 bits per heavy atom. The standard InChI is InChI=1S/C67H110O2/c1-7-8-9-10-11-12-13-14-15-16-17-18-19-20-21-22-23-24-25-26-27-28-29-30-31-32-33-34-35-36-37-38-39-40-41-42-43-47-65(68)69-60-52-54-66(5)59(56-60)48-49-61-63-51-50-62(58(4)46-44-45-57(2)3)67(63,6)55-53-64(61)66/h8-9,11-12,14-15,17-18,20-21,23-24,26-27,48,57-58,60-64H,7,10,13,16,19,22,25,28-47,49-56H2,1-6H3/b9-8-,12-11-,15-14-,18-17-,21-20-,24-23-,27-26-. The van der Waals surface area contributed by atoms with E-state index in [4.69, 9.17) is 4.74 Å². The molecule has 8 atom stereocenters. The van der Waals surface area contributed by atoms with Crippen molar-refractivity contribution in [3.63, 3.8) is 0 Å². The predicted molar refractivity (Wildman–Crippen MR) is 303 cm³/mol. The summed E-state index contributed by atoms with van der Waals surface area (Å²) < 4.78 is 6.18. The molecule has 4 aliphatic carbocycles. The lowest BCUT2D eigenvalue weighted by atomic mass is 9.47. The van der Waals surface area contributed by atoms with E-state index in [0.717, 1.165) is 99.7 Å². The number of unbranched alkanes of at least 4 members (excludes halogenated alkanes) is 15. The minimum absolute atomic E-state index is 0.0615. The first-order valence-electron chi connectivity index (χ1n) is 30.1. The summed E-state index contributed by atoms with van der Waals surface area (Å²) in [6.07, 6.45) is 78.4. The van der Waals surface area contributed by atoms with Crippen LogP contribution in [0.25, 0.3) is 0 Å². The van der Waals surface area contributed by atoms with Gasteiger partial charge in [-0.1, -0.05) is 241 Å². The van der Waals surface area contributed by atoms with Gasteiger partial charge in [-0.15, -0.1) is 0 Å². The molecule has 3 saturated carbocycles. The molecule has 0 aliphatic heterocycles. The van der Waals surface area contributed by atoms with Crippen LogP contribution in [-0.4, -0.2) is 12.1 Å². The van der Waals surface area contributed by atoms with E-state index in [9.17, 15) is 4.79 Å². The maximum absolute atomic E-state index is 13.0. The molecule has 4 rings (SSSR count). The molecule has 0 aromatic heterocycles. The largest absolute Gasteiger partial charge is 0.462 e. The first-order chi connectivity index (χ1) is 33.7. The second kappa shape index (κ2) is 35.5. The number of carbonyl (C=O) groups excluding carboxylic acids is 1. The molecule has 0 saturated heterocycles. The summed E-state index contributed by atoms with van der Waals surface area (Å²) in [5, 5.41) is 0. The molecule has 0 radical (unpaired) electrons. The zero-order valence-corrected chi connectivity index (χ0v) is 46.3. The summed E-state index contributed by atoms with van der Waals surface area (Å²) in [6.45, 7) is 14.8. The van der Waals surface area contributed by atoms with Crippen molar-refractivity contribution in [1.82, 2.24) is 0 Å². The van der Waals surface area contributed by atoms with E-state index in [-0.39, 0.29) is 12.1 Å². The van der Waals surface area contributed by atoms with Crippen LogP contribution in [0.3, 0.4) is 0 Å². The van der Waals surface area contributed by atoms with E-state index in [1.807, 2.05) is 0 Å². The Labute approximate surface area is 429 Å². The van der Waals surface area contributed by atoms with Crippen molar-refractivity contribution in [3.05, 3.63) is 96.7 Å². The summed E-state index contributed by atoms with van der Waals surface area (Å²) in [7, 11) is 0. The monoisotopic (exact) mass is 947 g/mol. The Kier molecular flexibility index (Phi) is 30.3. The zero-order valence-electron chi connectivity index (χ0n) is 46.3. The summed E-state index contributed by atoms with van der Waals surface area (Å²) >= 11 is 0. The molecular formula is C67H110O2. The molecule has 4 aliphatic rings. The Morgan fingerprint density at radius 3 is 1.58 bits per heavy atom. The van der Waals surface area contributed by atoms with Crippen LogP contribution in [0.4, 0.5) is 0 Å². The quantitative estimate of drug-likeness (QED) is 0.0352. The van der Waals surface area contributed by atoms with Gasteiger partial charge in [0.05, 0.1) is 0 Å². The van der Waals surface area contributed by atoms with Crippen molar-refractivity contribution < 1.29 is 9.53 Å². The van der Waals surface area contributed by atoms with E-state index < -0.39 is 0 Å². The Bertz CT molecular complexity index is 1600. The van der Waals surface area contributed by atoms with Gasteiger partial charge in [-0.05, 0) is 155 Å². The van der Waals surface area contributed by atoms with Gasteiger partial charge in [0.2, 0.25) is 0 Å². The number of hydrogen-bond donors (Lipinski definition) is 0. The van der Waals surface area contributed by atoms with Crippen molar-refractivity contribution in [2.24, 2.45) is 46.3 Å². The van der Waals surface area contributed by atoms with Gasteiger partial charge >= 0.3 is 5.97 Å². The molecule has 2 nitrogen and oxygen atoms in total. The van der Waals surface area contributed by atoms with Gasteiger partial charge in [0.15, 0.2) is 0 Å². The van der Waals surface area contributed by atoms with E-state index >= 15 is 0 Å². The number of carbonyl (C=O) groups is 1. The Morgan fingerprint density at radius 1 is 0.565 bits per heavy atom. The molecule has 8 unspecified atom stereocenters. The highest BCUT2D eigenvalue weighted by Crippen LogP contribution is 2.67. The minimum Gasteiger partial charge on any atom is -0.462 e. The zero-order chi connectivity index (χ0) is 49.3. The van der Waals surface area contributed by atoms with Gasteiger partial charge in [0.25, 0.3) is 0 Å². The van der Waals surface area contributed by atoms with Gasteiger partial charge in [0, 0.05) is 12.8 Å². The van der Waals surface area contributed by atoms with Gasteiger partial charge in [-0.3, -0.25) is 4.79 Å². The highest BCUT2D eigenvalue weighted by molar-refractivity contribution is 5.69. The molecule has 0 aromatic carbocycles. The lowest BCUT2D eigenvalue weighted by Gasteiger charge is -2.58. The number of allylic oxidation sites excluding steroid dienone is 15. The third kappa shape index (κ3) is 22.4. The van der Waals surface area contributed by atoms with Gasteiger partial charge in [-0.25, -0.2) is 0 Å².